The molecule has 0 rings (SSSR count). The Bertz CT molecular complexity index is 1100. The molecular formula is C62H117NO5. The molecule has 2 unspecified atom stereocenters. The van der Waals surface area contributed by atoms with Gasteiger partial charge < -0.3 is 20.3 Å². The van der Waals surface area contributed by atoms with E-state index in [1.54, 1.807) is 6.08 Å². The fourth-order valence-electron chi connectivity index (χ4n) is 9.25. The highest BCUT2D eigenvalue weighted by molar-refractivity contribution is 5.76. The lowest BCUT2D eigenvalue weighted by Gasteiger charge is -2.20. The second kappa shape index (κ2) is 57.7. The largest absolute Gasteiger partial charge is 0.466 e. The van der Waals surface area contributed by atoms with Gasteiger partial charge in [0.05, 0.1) is 25.4 Å². The maximum Gasteiger partial charge on any atom is 0.305 e. The van der Waals surface area contributed by atoms with Gasteiger partial charge in [0.25, 0.3) is 0 Å². The average molecular weight is 957 g/mol. The topological polar surface area (TPSA) is 95.9 Å². The van der Waals surface area contributed by atoms with Crippen molar-refractivity contribution in [3.05, 3.63) is 36.5 Å². The molecule has 0 spiro atoms. The quantitative estimate of drug-likeness (QED) is 0.0321. The molecule has 1 amide bonds. The maximum atomic E-state index is 12.4. The third kappa shape index (κ3) is 53.4. The number of carbonyl (C=O) groups excluding carboxylic acids is 2. The minimum absolute atomic E-state index is 0.00479. The first-order chi connectivity index (χ1) is 33.5. The van der Waals surface area contributed by atoms with Gasteiger partial charge in [-0.1, -0.05) is 281 Å². The summed E-state index contributed by atoms with van der Waals surface area (Å²) in [5, 5.41) is 23.0. The molecule has 0 saturated carbocycles. The van der Waals surface area contributed by atoms with E-state index in [0.717, 1.165) is 51.4 Å². The number of amides is 1. The number of hydrogen-bond donors (Lipinski definition) is 3. The van der Waals surface area contributed by atoms with Gasteiger partial charge in [-0.15, -0.1) is 0 Å². The summed E-state index contributed by atoms with van der Waals surface area (Å²) in [4.78, 5) is 24.5. The highest BCUT2D eigenvalue weighted by Crippen LogP contribution is 2.17. The van der Waals surface area contributed by atoms with Crippen LogP contribution in [0.5, 0.6) is 0 Å². The molecule has 3 N–H and O–H groups in total. The van der Waals surface area contributed by atoms with Crippen LogP contribution in [0.4, 0.5) is 0 Å². The van der Waals surface area contributed by atoms with E-state index in [9.17, 15) is 19.8 Å². The minimum Gasteiger partial charge on any atom is -0.466 e. The molecule has 0 bridgehead atoms. The molecule has 2 atom stereocenters. The van der Waals surface area contributed by atoms with Crippen LogP contribution < -0.4 is 5.32 Å². The van der Waals surface area contributed by atoms with E-state index in [4.69, 9.17) is 4.74 Å². The molecule has 68 heavy (non-hydrogen) atoms. The highest BCUT2D eigenvalue weighted by atomic mass is 16.5. The number of esters is 1. The molecule has 6 heteroatoms. The fourth-order valence-corrected chi connectivity index (χ4v) is 9.25. The Balaban J connectivity index is 3.38. The lowest BCUT2D eigenvalue weighted by molar-refractivity contribution is -0.143. The van der Waals surface area contributed by atoms with Gasteiger partial charge in [0.2, 0.25) is 5.91 Å². The molecule has 0 heterocycles. The predicted octanol–water partition coefficient (Wildman–Crippen LogP) is 18.8. The zero-order valence-electron chi connectivity index (χ0n) is 45.6. The normalized spacial score (nSPS) is 12.8. The lowest BCUT2D eigenvalue weighted by atomic mass is 10.0. The monoisotopic (exact) mass is 956 g/mol. The number of carbonyl (C=O) groups is 2. The number of hydrogen-bond acceptors (Lipinski definition) is 5. The van der Waals surface area contributed by atoms with Gasteiger partial charge in [-0.3, -0.25) is 9.59 Å². The molecule has 0 fully saturated rings. The molecule has 0 aromatic rings. The van der Waals surface area contributed by atoms with E-state index < -0.39 is 12.1 Å². The SMILES string of the molecule is CCCCC/C=C\C/C=C\CCCCCCCCCC(=O)OCCCCCCCCCCCCCCCCCCCCCCCCC(=O)NC(CO)C(O)/C=C/CCCCCCCCCCCC. The van der Waals surface area contributed by atoms with Gasteiger partial charge in [0.15, 0.2) is 0 Å². The summed E-state index contributed by atoms with van der Waals surface area (Å²) in [6, 6.07) is -0.627. The van der Waals surface area contributed by atoms with E-state index in [0.29, 0.717) is 19.4 Å². The number of nitrogens with one attached hydrogen (secondary N) is 1. The van der Waals surface area contributed by atoms with Crippen molar-refractivity contribution in [2.24, 2.45) is 0 Å². The van der Waals surface area contributed by atoms with Crippen LogP contribution in [0.2, 0.25) is 0 Å². The van der Waals surface area contributed by atoms with Crippen LogP contribution in [0, 0.1) is 0 Å². The number of aliphatic hydroxyl groups is 2. The maximum absolute atomic E-state index is 12.4. The summed E-state index contributed by atoms with van der Waals surface area (Å²) >= 11 is 0. The number of allylic oxidation sites excluding steroid dienone is 5. The molecule has 6 nitrogen and oxygen atoms in total. The van der Waals surface area contributed by atoms with Crippen molar-refractivity contribution in [2.45, 2.75) is 334 Å². The smallest absolute Gasteiger partial charge is 0.305 e. The molecule has 0 saturated heterocycles. The van der Waals surface area contributed by atoms with E-state index in [-0.39, 0.29) is 18.5 Å². The average Bonchev–Trinajstić information content (AvgIpc) is 3.34. The van der Waals surface area contributed by atoms with Crippen molar-refractivity contribution in [3.63, 3.8) is 0 Å². The predicted molar refractivity (Wildman–Crippen MR) is 296 cm³/mol. The van der Waals surface area contributed by atoms with Crippen LogP contribution in [-0.4, -0.2) is 47.4 Å². The third-order valence-corrected chi connectivity index (χ3v) is 13.9. The molecule has 0 aromatic heterocycles. The van der Waals surface area contributed by atoms with Crippen molar-refractivity contribution >= 4 is 11.9 Å². The summed E-state index contributed by atoms with van der Waals surface area (Å²) in [6.45, 7) is 4.87. The second-order valence-electron chi connectivity index (χ2n) is 20.7. The molecule has 0 aliphatic carbocycles. The zero-order valence-corrected chi connectivity index (χ0v) is 45.6. The molecular weight excluding hydrogens is 839 g/mol. The Labute approximate surface area is 424 Å². The first kappa shape index (κ1) is 66.1. The van der Waals surface area contributed by atoms with E-state index in [1.807, 2.05) is 6.08 Å². The van der Waals surface area contributed by atoms with Gasteiger partial charge in [-0.25, -0.2) is 0 Å². The molecule has 400 valence electrons. The summed E-state index contributed by atoms with van der Waals surface area (Å²) in [5.41, 5.74) is 0. The zero-order chi connectivity index (χ0) is 49.3. The van der Waals surface area contributed by atoms with Crippen LogP contribution in [0.3, 0.4) is 0 Å². The Morgan fingerprint density at radius 3 is 1.15 bits per heavy atom. The first-order valence-corrected chi connectivity index (χ1v) is 30.3. The minimum atomic E-state index is -0.843. The second-order valence-corrected chi connectivity index (χ2v) is 20.7. The first-order valence-electron chi connectivity index (χ1n) is 30.3. The van der Waals surface area contributed by atoms with Crippen LogP contribution in [0.1, 0.15) is 322 Å². The summed E-state index contributed by atoms with van der Waals surface area (Å²) in [7, 11) is 0. The van der Waals surface area contributed by atoms with Crippen LogP contribution in [0.25, 0.3) is 0 Å². The lowest BCUT2D eigenvalue weighted by Crippen LogP contribution is -2.45. The Kier molecular flexibility index (Phi) is 56.0. The van der Waals surface area contributed by atoms with Gasteiger partial charge in [0.1, 0.15) is 0 Å². The van der Waals surface area contributed by atoms with E-state index >= 15 is 0 Å². The van der Waals surface area contributed by atoms with Crippen molar-refractivity contribution < 1.29 is 24.5 Å². The van der Waals surface area contributed by atoms with Crippen molar-refractivity contribution in [2.75, 3.05) is 13.2 Å². The Morgan fingerprint density at radius 1 is 0.412 bits per heavy atom. The number of rotatable bonds is 56. The summed E-state index contributed by atoms with van der Waals surface area (Å²) in [5.74, 6) is -0.0638. The van der Waals surface area contributed by atoms with Crippen LogP contribution in [0.15, 0.2) is 36.5 Å². The van der Waals surface area contributed by atoms with Crippen molar-refractivity contribution in [1.29, 1.82) is 0 Å². The van der Waals surface area contributed by atoms with Gasteiger partial charge in [-0.05, 0) is 64.2 Å². The molecule has 0 aliphatic rings. The molecule has 0 aliphatic heterocycles. The number of unbranched alkanes of at least 4 members (excludes halogenated alkanes) is 41. The van der Waals surface area contributed by atoms with E-state index in [1.165, 1.54) is 244 Å². The Morgan fingerprint density at radius 2 is 0.735 bits per heavy atom. The molecule has 0 aromatic carbocycles. The highest BCUT2D eigenvalue weighted by Gasteiger charge is 2.18. The van der Waals surface area contributed by atoms with Crippen LogP contribution >= 0.6 is 0 Å². The van der Waals surface area contributed by atoms with Crippen LogP contribution in [-0.2, 0) is 14.3 Å². The van der Waals surface area contributed by atoms with Gasteiger partial charge in [-0.2, -0.15) is 0 Å². The number of aliphatic hydroxyl groups excluding tert-OH is 2. The third-order valence-electron chi connectivity index (χ3n) is 13.9. The molecule has 0 radical (unpaired) electrons. The summed E-state index contributed by atoms with van der Waals surface area (Å²) < 4.78 is 5.49. The van der Waals surface area contributed by atoms with Gasteiger partial charge in [0, 0.05) is 12.8 Å². The van der Waals surface area contributed by atoms with Crippen molar-refractivity contribution in [1.82, 2.24) is 5.32 Å². The van der Waals surface area contributed by atoms with E-state index in [2.05, 4.69) is 43.5 Å². The standard InChI is InChI=1S/C62H117NO5/c1-3-5-7-9-11-13-15-17-18-25-29-32-36-40-44-48-52-56-62(67)68-57-53-49-45-41-37-33-30-27-24-22-20-19-21-23-26-28-31-35-39-43-47-51-55-61(66)63-59(58-64)60(65)54-50-46-42-38-34-16-14-12-10-8-6-4-2/h11,13,17-18,50,54,59-60,64-65H,3-10,12,14-16,19-49,51-53,55-58H2,1-2H3,(H,63,66)/b13-11-,18-17-,54-50+. The van der Waals surface area contributed by atoms with Gasteiger partial charge >= 0.3 is 5.97 Å². The Hall–Kier alpha value is -1.92. The summed E-state index contributed by atoms with van der Waals surface area (Å²) in [6.07, 6.45) is 71.8. The van der Waals surface area contributed by atoms with Crippen molar-refractivity contribution in [3.8, 4) is 0 Å². The fraction of sp³-hybridized carbons (Fsp3) is 0.871. The number of ether oxygens (including phenoxy) is 1.